The summed E-state index contributed by atoms with van der Waals surface area (Å²) in [5, 5.41) is 3.15. The number of sulfonamides is 1. The monoisotopic (exact) mass is 395 g/mol. The van der Waals surface area contributed by atoms with Gasteiger partial charge in [0.2, 0.25) is 10.0 Å². The van der Waals surface area contributed by atoms with E-state index in [1.807, 2.05) is 12.1 Å². The van der Waals surface area contributed by atoms with Crippen LogP contribution in [0.25, 0.3) is 0 Å². The minimum absolute atomic E-state index is 0.0582. The SMILES string of the molecule is CCC(C)c1ccc(S(=O)(=O)N2CCN(C(=O)C3CNCCO3)CC2)cc1. The number of carbonyl (C=O) groups excluding carboxylic acids is 1. The third-order valence-corrected chi connectivity index (χ3v) is 7.37. The number of hydrogen-bond acceptors (Lipinski definition) is 5. The first kappa shape index (κ1) is 20.3. The number of ether oxygens (including phenoxy) is 1. The van der Waals surface area contributed by atoms with Crippen molar-refractivity contribution in [2.45, 2.75) is 37.2 Å². The molecule has 3 rings (SSSR count). The molecule has 0 radical (unpaired) electrons. The van der Waals surface area contributed by atoms with Crippen molar-refractivity contribution in [2.75, 3.05) is 45.9 Å². The molecule has 1 aromatic carbocycles. The van der Waals surface area contributed by atoms with Crippen molar-refractivity contribution in [1.82, 2.24) is 14.5 Å². The molecule has 2 aliphatic rings. The maximum atomic E-state index is 12.9. The molecule has 1 aromatic rings. The Morgan fingerprint density at radius 2 is 1.89 bits per heavy atom. The zero-order chi connectivity index (χ0) is 19.4. The van der Waals surface area contributed by atoms with Gasteiger partial charge in [0, 0.05) is 39.3 Å². The number of hydrogen-bond donors (Lipinski definition) is 1. The standard InChI is InChI=1S/C19H29N3O4S/c1-3-15(2)16-4-6-17(7-5-16)27(24,25)22-11-9-21(10-12-22)19(23)18-14-20-8-13-26-18/h4-7,15,18,20H,3,8-14H2,1-2H3. The Kier molecular flexibility index (Phi) is 6.52. The molecular weight excluding hydrogens is 366 g/mol. The summed E-state index contributed by atoms with van der Waals surface area (Å²) in [5.41, 5.74) is 1.15. The Morgan fingerprint density at radius 1 is 1.22 bits per heavy atom. The van der Waals surface area contributed by atoms with E-state index < -0.39 is 16.1 Å². The Bertz CT molecular complexity index is 737. The van der Waals surface area contributed by atoms with Crippen LogP contribution in [0, 0.1) is 0 Å². The average Bonchev–Trinajstić information content (AvgIpc) is 2.73. The topological polar surface area (TPSA) is 79.0 Å². The summed E-state index contributed by atoms with van der Waals surface area (Å²) in [4.78, 5) is 14.5. The van der Waals surface area contributed by atoms with E-state index in [-0.39, 0.29) is 5.91 Å². The van der Waals surface area contributed by atoms with Crippen molar-refractivity contribution >= 4 is 15.9 Å². The van der Waals surface area contributed by atoms with Crippen molar-refractivity contribution < 1.29 is 17.9 Å². The molecule has 1 amide bonds. The molecule has 2 saturated heterocycles. The fourth-order valence-electron chi connectivity index (χ4n) is 3.43. The van der Waals surface area contributed by atoms with Crippen LogP contribution >= 0.6 is 0 Å². The smallest absolute Gasteiger partial charge is 0.253 e. The summed E-state index contributed by atoms with van der Waals surface area (Å²) < 4.78 is 32.8. The Hall–Kier alpha value is -1.48. The maximum absolute atomic E-state index is 12.9. The van der Waals surface area contributed by atoms with Gasteiger partial charge in [0.05, 0.1) is 11.5 Å². The van der Waals surface area contributed by atoms with Crippen LogP contribution in [0.5, 0.6) is 0 Å². The number of rotatable bonds is 5. The lowest BCUT2D eigenvalue weighted by molar-refractivity contribution is -0.146. The third-order valence-electron chi connectivity index (χ3n) is 5.45. The molecule has 0 saturated carbocycles. The second-order valence-corrected chi connectivity index (χ2v) is 9.11. The number of benzene rings is 1. The van der Waals surface area contributed by atoms with Gasteiger partial charge in [-0.05, 0) is 30.0 Å². The van der Waals surface area contributed by atoms with Gasteiger partial charge in [-0.15, -0.1) is 0 Å². The van der Waals surface area contributed by atoms with E-state index in [9.17, 15) is 13.2 Å². The van der Waals surface area contributed by atoms with E-state index in [0.29, 0.717) is 50.1 Å². The molecule has 2 fully saturated rings. The van der Waals surface area contributed by atoms with E-state index in [1.165, 1.54) is 4.31 Å². The molecule has 0 aliphatic carbocycles. The molecule has 2 aliphatic heterocycles. The normalized spacial score (nSPS) is 23.2. The fraction of sp³-hybridized carbons (Fsp3) is 0.632. The molecule has 1 N–H and O–H groups in total. The van der Waals surface area contributed by atoms with Crippen LogP contribution in [0.4, 0.5) is 0 Å². The van der Waals surface area contributed by atoms with Crippen molar-refractivity contribution in [1.29, 1.82) is 0 Å². The van der Waals surface area contributed by atoms with Gasteiger partial charge in [0.25, 0.3) is 5.91 Å². The molecule has 150 valence electrons. The van der Waals surface area contributed by atoms with Crippen LogP contribution in [0.1, 0.15) is 31.7 Å². The van der Waals surface area contributed by atoms with Gasteiger partial charge in [0.1, 0.15) is 6.10 Å². The summed E-state index contributed by atoms with van der Waals surface area (Å²) in [6, 6.07) is 7.17. The van der Waals surface area contributed by atoms with Gasteiger partial charge >= 0.3 is 0 Å². The number of carbonyl (C=O) groups is 1. The zero-order valence-corrected chi connectivity index (χ0v) is 16.9. The molecule has 2 heterocycles. The third kappa shape index (κ3) is 4.51. The molecule has 0 bridgehead atoms. The van der Waals surface area contributed by atoms with Crippen LogP contribution in [0.2, 0.25) is 0 Å². The number of amides is 1. The number of nitrogens with zero attached hydrogens (tertiary/aromatic N) is 2. The Balaban J connectivity index is 1.61. The van der Waals surface area contributed by atoms with Crippen LogP contribution in [-0.2, 0) is 19.6 Å². The summed E-state index contributed by atoms with van der Waals surface area (Å²) in [5.74, 6) is 0.352. The highest BCUT2D eigenvalue weighted by molar-refractivity contribution is 7.89. The van der Waals surface area contributed by atoms with Crippen LogP contribution < -0.4 is 5.32 Å². The van der Waals surface area contributed by atoms with Gasteiger partial charge in [-0.25, -0.2) is 8.42 Å². The molecule has 0 spiro atoms. The van der Waals surface area contributed by atoms with Crippen molar-refractivity contribution in [2.24, 2.45) is 0 Å². The second-order valence-electron chi connectivity index (χ2n) is 7.17. The highest BCUT2D eigenvalue weighted by atomic mass is 32.2. The van der Waals surface area contributed by atoms with E-state index in [2.05, 4.69) is 19.2 Å². The van der Waals surface area contributed by atoms with Crippen LogP contribution in [0.3, 0.4) is 0 Å². The lowest BCUT2D eigenvalue weighted by Crippen LogP contribution is -2.55. The van der Waals surface area contributed by atoms with E-state index in [4.69, 9.17) is 4.74 Å². The van der Waals surface area contributed by atoms with Gasteiger partial charge in [0.15, 0.2) is 0 Å². The molecule has 7 nitrogen and oxygen atoms in total. The minimum atomic E-state index is -3.53. The van der Waals surface area contributed by atoms with Crippen LogP contribution in [0.15, 0.2) is 29.2 Å². The average molecular weight is 396 g/mol. The van der Waals surface area contributed by atoms with E-state index in [0.717, 1.165) is 18.5 Å². The predicted octanol–water partition coefficient (Wildman–Crippen LogP) is 1.02. The maximum Gasteiger partial charge on any atom is 0.253 e. The summed E-state index contributed by atoms with van der Waals surface area (Å²) in [6.45, 7) is 7.44. The van der Waals surface area contributed by atoms with Gasteiger partial charge in [-0.1, -0.05) is 26.0 Å². The Morgan fingerprint density at radius 3 is 2.44 bits per heavy atom. The molecule has 2 atom stereocenters. The summed E-state index contributed by atoms with van der Waals surface area (Å²) >= 11 is 0. The first-order valence-electron chi connectivity index (χ1n) is 9.64. The second kappa shape index (κ2) is 8.68. The lowest BCUT2D eigenvalue weighted by Gasteiger charge is -2.36. The van der Waals surface area contributed by atoms with Gasteiger partial charge < -0.3 is 15.0 Å². The summed E-state index contributed by atoms with van der Waals surface area (Å²) in [6.07, 6.45) is 0.553. The first-order valence-corrected chi connectivity index (χ1v) is 11.1. The quantitative estimate of drug-likeness (QED) is 0.805. The van der Waals surface area contributed by atoms with Gasteiger partial charge in [-0.2, -0.15) is 4.31 Å². The fourth-order valence-corrected chi connectivity index (χ4v) is 4.85. The number of morpholine rings is 1. The Labute approximate surface area is 161 Å². The molecule has 8 heteroatoms. The molecular formula is C19H29N3O4S. The highest BCUT2D eigenvalue weighted by Gasteiger charge is 2.33. The number of nitrogens with one attached hydrogen (secondary N) is 1. The van der Waals surface area contributed by atoms with Crippen molar-refractivity contribution in [3.8, 4) is 0 Å². The minimum Gasteiger partial charge on any atom is -0.366 e. The molecule has 0 aromatic heterocycles. The van der Waals surface area contributed by atoms with E-state index in [1.54, 1.807) is 17.0 Å². The summed E-state index contributed by atoms with van der Waals surface area (Å²) in [7, 11) is -3.53. The highest BCUT2D eigenvalue weighted by Crippen LogP contribution is 2.23. The lowest BCUT2D eigenvalue weighted by atomic mass is 9.99. The predicted molar refractivity (Wildman–Crippen MR) is 103 cm³/mol. The van der Waals surface area contributed by atoms with Crippen molar-refractivity contribution in [3.63, 3.8) is 0 Å². The first-order chi connectivity index (χ1) is 12.9. The van der Waals surface area contributed by atoms with E-state index >= 15 is 0 Å². The molecule has 27 heavy (non-hydrogen) atoms. The zero-order valence-electron chi connectivity index (χ0n) is 16.1. The number of piperazine rings is 1. The van der Waals surface area contributed by atoms with Gasteiger partial charge in [-0.3, -0.25) is 4.79 Å². The van der Waals surface area contributed by atoms with Crippen LogP contribution in [-0.4, -0.2) is 75.5 Å². The largest absolute Gasteiger partial charge is 0.366 e. The van der Waals surface area contributed by atoms with Crippen molar-refractivity contribution in [3.05, 3.63) is 29.8 Å². The molecule has 2 unspecified atom stereocenters.